The Hall–Kier alpha value is -2.26. The molecule has 0 aliphatic rings. The second-order valence-electron chi connectivity index (χ2n) is 4.85. The summed E-state index contributed by atoms with van der Waals surface area (Å²) in [6.45, 7) is 1.99. The molecule has 0 N–H and O–H groups in total. The van der Waals surface area contributed by atoms with Gasteiger partial charge in [0.2, 0.25) is 0 Å². The molecule has 3 heterocycles. The Morgan fingerprint density at radius 1 is 0.850 bits per heavy atom. The number of nitrogens with zero attached hydrogens (tertiary/aromatic N) is 2. The average Bonchev–Trinajstić information content (AvgIpc) is 2.90. The maximum absolute atomic E-state index is 4.73. The predicted molar refractivity (Wildman–Crippen MR) is 85.1 cm³/mol. The lowest BCUT2D eigenvalue weighted by atomic mass is 10.1. The Bertz CT molecular complexity index is 924. The summed E-state index contributed by atoms with van der Waals surface area (Å²) in [6.07, 6.45) is 0. The molecule has 0 bridgehead atoms. The molecule has 1 aromatic carbocycles. The lowest BCUT2D eigenvalue weighted by Crippen LogP contribution is -1.88. The summed E-state index contributed by atoms with van der Waals surface area (Å²) in [4.78, 5) is 10.5. The van der Waals surface area contributed by atoms with Crippen molar-refractivity contribution in [1.29, 1.82) is 0 Å². The summed E-state index contributed by atoms with van der Waals surface area (Å²) in [5.74, 6) is 0. The maximum atomic E-state index is 4.73. The zero-order valence-electron chi connectivity index (χ0n) is 11.0. The number of hydrogen-bond acceptors (Lipinski definition) is 3. The van der Waals surface area contributed by atoms with Crippen molar-refractivity contribution in [3.63, 3.8) is 0 Å². The van der Waals surface area contributed by atoms with Gasteiger partial charge in [-0.3, -0.25) is 0 Å². The Morgan fingerprint density at radius 3 is 2.65 bits per heavy atom. The quantitative estimate of drug-likeness (QED) is 0.498. The zero-order valence-corrected chi connectivity index (χ0v) is 11.8. The van der Waals surface area contributed by atoms with Crippen LogP contribution in [-0.2, 0) is 0 Å². The molecule has 0 saturated carbocycles. The third-order valence-electron chi connectivity index (χ3n) is 3.43. The minimum absolute atomic E-state index is 0.819. The summed E-state index contributed by atoms with van der Waals surface area (Å²) >= 11 is 1.74. The summed E-state index contributed by atoms with van der Waals surface area (Å²) in [5, 5.41) is 5.80. The van der Waals surface area contributed by atoms with Crippen molar-refractivity contribution in [2.75, 3.05) is 0 Å². The normalized spacial score (nSPS) is 11.2. The van der Waals surface area contributed by atoms with E-state index in [2.05, 4.69) is 52.8 Å². The number of pyridine rings is 2. The molecule has 20 heavy (non-hydrogen) atoms. The second kappa shape index (κ2) is 4.39. The van der Waals surface area contributed by atoms with Gasteiger partial charge in [0.1, 0.15) is 0 Å². The lowest BCUT2D eigenvalue weighted by molar-refractivity contribution is 1.21. The van der Waals surface area contributed by atoms with Crippen LogP contribution < -0.4 is 0 Å². The van der Waals surface area contributed by atoms with Crippen LogP contribution in [0.15, 0.2) is 53.9 Å². The van der Waals surface area contributed by atoms with Gasteiger partial charge in [-0.2, -0.15) is 0 Å². The van der Waals surface area contributed by atoms with E-state index in [9.17, 15) is 0 Å². The molecule has 4 rings (SSSR count). The van der Waals surface area contributed by atoms with Crippen LogP contribution in [0.1, 0.15) is 5.69 Å². The fourth-order valence-electron chi connectivity index (χ4n) is 2.41. The summed E-state index contributed by atoms with van der Waals surface area (Å²) in [6, 6.07) is 16.7. The number of benzene rings is 1. The molecule has 0 aliphatic carbocycles. The Kier molecular flexibility index (Phi) is 2.54. The molecule has 0 amide bonds. The van der Waals surface area contributed by atoms with Gasteiger partial charge in [-0.1, -0.05) is 24.3 Å². The molecule has 2 nitrogen and oxygen atoms in total. The molecule has 0 aliphatic heterocycles. The molecule has 0 fully saturated rings. The number of fused-ring (bicyclic) bond motifs is 2. The van der Waals surface area contributed by atoms with E-state index in [1.165, 1.54) is 15.6 Å². The van der Waals surface area contributed by atoms with Gasteiger partial charge in [0, 0.05) is 16.5 Å². The molecule has 4 aromatic rings. The molecule has 96 valence electrons. The highest BCUT2D eigenvalue weighted by Gasteiger charge is 2.08. The highest BCUT2D eigenvalue weighted by Crippen LogP contribution is 2.34. The molecule has 3 heteroatoms. The van der Waals surface area contributed by atoms with Crippen LogP contribution in [-0.4, -0.2) is 9.97 Å². The van der Waals surface area contributed by atoms with Gasteiger partial charge in [0.05, 0.1) is 10.6 Å². The van der Waals surface area contributed by atoms with Gasteiger partial charge >= 0.3 is 0 Å². The zero-order chi connectivity index (χ0) is 13.5. The van der Waals surface area contributed by atoms with Crippen molar-refractivity contribution < 1.29 is 0 Å². The molecule has 0 radical (unpaired) electrons. The highest BCUT2D eigenvalue weighted by molar-refractivity contribution is 7.15. The lowest BCUT2D eigenvalue weighted by Gasteiger charge is -2.02. The number of rotatable bonds is 1. The summed E-state index contributed by atoms with van der Waals surface area (Å²) < 4.78 is 0. The fourth-order valence-corrected chi connectivity index (χ4v) is 3.41. The highest BCUT2D eigenvalue weighted by atomic mass is 32.1. The molecular formula is C17H12N2S. The standard InChI is InChI=1S/C17H12N2S/c1-11-6-7-12-8-9-15(19-17(12)18-11)16-14-5-3-2-4-13(14)10-20-16/h2-10H,1H3. The topological polar surface area (TPSA) is 25.8 Å². The Morgan fingerprint density at radius 2 is 1.70 bits per heavy atom. The SMILES string of the molecule is Cc1ccc2ccc(-c3scc4ccccc34)nc2n1. The first-order valence-electron chi connectivity index (χ1n) is 6.52. The maximum Gasteiger partial charge on any atom is 0.160 e. The van der Waals surface area contributed by atoms with E-state index in [4.69, 9.17) is 4.98 Å². The number of thiophene rings is 1. The van der Waals surface area contributed by atoms with Crippen molar-refractivity contribution >= 4 is 33.1 Å². The number of hydrogen-bond donors (Lipinski definition) is 0. The van der Waals surface area contributed by atoms with Crippen LogP contribution in [0.25, 0.3) is 32.4 Å². The van der Waals surface area contributed by atoms with Crippen LogP contribution >= 0.6 is 11.3 Å². The largest absolute Gasteiger partial charge is 0.233 e. The van der Waals surface area contributed by atoms with Gasteiger partial charge in [-0.15, -0.1) is 11.3 Å². The van der Waals surface area contributed by atoms with Crippen molar-refractivity contribution in [3.05, 3.63) is 59.6 Å². The monoisotopic (exact) mass is 276 g/mol. The molecular weight excluding hydrogens is 264 g/mol. The minimum Gasteiger partial charge on any atom is -0.233 e. The van der Waals surface area contributed by atoms with Crippen LogP contribution in [0, 0.1) is 6.92 Å². The van der Waals surface area contributed by atoms with Gasteiger partial charge in [-0.25, -0.2) is 9.97 Å². The van der Waals surface area contributed by atoms with Gasteiger partial charge < -0.3 is 0 Å². The third kappa shape index (κ3) is 1.79. The number of aromatic nitrogens is 2. The van der Waals surface area contributed by atoms with E-state index < -0.39 is 0 Å². The van der Waals surface area contributed by atoms with E-state index in [1.807, 2.05) is 13.0 Å². The third-order valence-corrected chi connectivity index (χ3v) is 4.47. The van der Waals surface area contributed by atoms with Crippen molar-refractivity contribution in [1.82, 2.24) is 9.97 Å². The molecule has 0 spiro atoms. The van der Waals surface area contributed by atoms with Crippen LogP contribution in [0.4, 0.5) is 0 Å². The smallest absolute Gasteiger partial charge is 0.160 e. The second-order valence-corrected chi connectivity index (χ2v) is 5.73. The minimum atomic E-state index is 0.819. The van der Waals surface area contributed by atoms with E-state index >= 15 is 0 Å². The van der Waals surface area contributed by atoms with Crippen LogP contribution in [0.2, 0.25) is 0 Å². The summed E-state index contributed by atoms with van der Waals surface area (Å²) in [7, 11) is 0. The first-order valence-corrected chi connectivity index (χ1v) is 7.40. The first kappa shape index (κ1) is 11.6. The summed E-state index contributed by atoms with van der Waals surface area (Å²) in [5.41, 5.74) is 2.82. The van der Waals surface area contributed by atoms with Gasteiger partial charge in [0.15, 0.2) is 5.65 Å². The van der Waals surface area contributed by atoms with E-state index in [1.54, 1.807) is 11.3 Å². The number of aryl methyl sites for hydroxylation is 1. The van der Waals surface area contributed by atoms with Gasteiger partial charge in [0.25, 0.3) is 0 Å². The van der Waals surface area contributed by atoms with E-state index in [0.29, 0.717) is 0 Å². The average molecular weight is 276 g/mol. The Labute approximate surface area is 120 Å². The van der Waals surface area contributed by atoms with E-state index in [0.717, 1.165) is 22.4 Å². The van der Waals surface area contributed by atoms with Crippen LogP contribution in [0.3, 0.4) is 0 Å². The Balaban J connectivity index is 1.97. The van der Waals surface area contributed by atoms with Gasteiger partial charge in [-0.05, 0) is 42.0 Å². The van der Waals surface area contributed by atoms with Crippen molar-refractivity contribution in [3.8, 4) is 10.6 Å². The fraction of sp³-hybridized carbons (Fsp3) is 0.0588. The molecule has 0 saturated heterocycles. The first-order chi connectivity index (χ1) is 9.81. The van der Waals surface area contributed by atoms with Crippen molar-refractivity contribution in [2.45, 2.75) is 6.92 Å². The molecule has 0 unspecified atom stereocenters. The molecule has 3 aromatic heterocycles. The van der Waals surface area contributed by atoms with E-state index in [-0.39, 0.29) is 0 Å². The predicted octanol–water partition coefficient (Wildman–Crippen LogP) is 4.82. The van der Waals surface area contributed by atoms with Crippen LogP contribution in [0.5, 0.6) is 0 Å². The molecule has 0 atom stereocenters. The van der Waals surface area contributed by atoms with Crippen molar-refractivity contribution in [2.24, 2.45) is 0 Å².